The molecule has 1 saturated carbocycles. The third-order valence-electron chi connectivity index (χ3n) is 3.39. The Kier molecular flexibility index (Phi) is 4.54. The van der Waals surface area contributed by atoms with Gasteiger partial charge in [-0.05, 0) is 31.6 Å². The van der Waals surface area contributed by atoms with Gasteiger partial charge in [-0.15, -0.1) is 0 Å². The van der Waals surface area contributed by atoms with Gasteiger partial charge in [0, 0.05) is 0 Å². The van der Waals surface area contributed by atoms with E-state index in [-0.39, 0.29) is 12.1 Å². The van der Waals surface area contributed by atoms with Crippen molar-refractivity contribution in [2.24, 2.45) is 11.3 Å². The van der Waals surface area contributed by atoms with Gasteiger partial charge in [0.2, 0.25) is 0 Å². The van der Waals surface area contributed by atoms with Gasteiger partial charge in [-0.2, -0.15) is 0 Å². The molecule has 3 nitrogen and oxygen atoms in total. The van der Waals surface area contributed by atoms with Crippen molar-refractivity contribution in [2.75, 3.05) is 7.11 Å². The Labute approximate surface area is 97.5 Å². The van der Waals surface area contributed by atoms with E-state index in [2.05, 4.69) is 12.2 Å². The van der Waals surface area contributed by atoms with Gasteiger partial charge in [-0.1, -0.05) is 26.0 Å². The van der Waals surface area contributed by atoms with Crippen LogP contribution >= 0.6 is 0 Å². The number of aliphatic hydroxyl groups is 1. The Bertz CT molecular complexity index is 272. The average Bonchev–Trinajstić information content (AvgIpc) is 2.29. The Hall–Kier alpha value is -0.830. The van der Waals surface area contributed by atoms with E-state index in [0.717, 1.165) is 12.8 Å². The standard InChI is InChI=1S/C11H16O3.C2H6/c1-14-10(13)11-4-2-3-8(6-11)5-9(12)7-11;1-2/h2-3,8-9,12H,4-7H2,1H3;1-2H3. The lowest BCUT2D eigenvalue weighted by atomic mass is 9.64. The molecule has 0 radical (unpaired) electrons. The van der Waals surface area contributed by atoms with Gasteiger partial charge in [0.05, 0.1) is 18.6 Å². The van der Waals surface area contributed by atoms with Gasteiger partial charge < -0.3 is 9.84 Å². The molecular formula is C13H22O3. The molecule has 0 spiro atoms. The molecule has 3 heteroatoms. The Morgan fingerprint density at radius 3 is 2.75 bits per heavy atom. The molecule has 3 unspecified atom stereocenters. The van der Waals surface area contributed by atoms with Crippen LogP contribution in [0.2, 0.25) is 0 Å². The number of rotatable bonds is 1. The van der Waals surface area contributed by atoms with Crippen LogP contribution in [0.1, 0.15) is 39.5 Å². The van der Waals surface area contributed by atoms with Gasteiger partial charge in [-0.3, -0.25) is 4.79 Å². The predicted molar refractivity (Wildman–Crippen MR) is 62.9 cm³/mol. The summed E-state index contributed by atoms with van der Waals surface area (Å²) in [5.74, 6) is 0.192. The second-order valence-electron chi connectivity index (χ2n) is 4.46. The first-order chi connectivity index (χ1) is 7.66. The fraction of sp³-hybridized carbons (Fsp3) is 0.769. The zero-order valence-corrected chi connectivity index (χ0v) is 10.4. The number of carbonyl (C=O) groups is 1. The monoisotopic (exact) mass is 226 g/mol. The van der Waals surface area contributed by atoms with Crippen LogP contribution in [0.15, 0.2) is 12.2 Å². The lowest BCUT2D eigenvalue weighted by molar-refractivity contribution is -0.159. The molecule has 0 aromatic carbocycles. The van der Waals surface area contributed by atoms with Crippen LogP contribution < -0.4 is 0 Å². The highest BCUT2D eigenvalue weighted by Crippen LogP contribution is 2.46. The molecule has 2 bridgehead atoms. The molecule has 0 aromatic heterocycles. The van der Waals surface area contributed by atoms with Crippen LogP contribution in [0.5, 0.6) is 0 Å². The Balaban J connectivity index is 0.000000606. The molecule has 3 atom stereocenters. The lowest BCUT2D eigenvalue weighted by Crippen LogP contribution is -2.43. The molecule has 2 aliphatic carbocycles. The van der Waals surface area contributed by atoms with Crippen molar-refractivity contribution in [1.82, 2.24) is 0 Å². The summed E-state index contributed by atoms with van der Waals surface area (Å²) in [5.41, 5.74) is -0.439. The highest BCUT2D eigenvalue weighted by atomic mass is 16.5. The van der Waals surface area contributed by atoms with E-state index in [4.69, 9.17) is 4.74 Å². The topological polar surface area (TPSA) is 46.5 Å². The molecule has 92 valence electrons. The van der Waals surface area contributed by atoms with Gasteiger partial charge >= 0.3 is 5.97 Å². The summed E-state index contributed by atoms with van der Waals surface area (Å²) in [5, 5.41) is 9.68. The highest BCUT2D eigenvalue weighted by Gasteiger charge is 2.46. The van der Waals surface area contributed by atoms with Crippen LogP contribution in [-0.4, -0.2) is 24.3 Å². The van der Waals surface area contributed by atoms with Crippen LogP contribution in [0.3, 0.4) is 0 Å². The van der Waals surface area contributed by atoms with Crippen molar-refractivity contribution in [3.63, 3.8) is 0 Å². The molecule has 0 saturated heterocycles. The van der Waals surface area contributed by atoms with Crippen molar-refractivity contribution in [1.29, 1.82) is 0 Å². The largest absolute Gasteiger partial charge is 0.469 e. The number of fused-ring (bicyclic) bond motifs is 2. The minimum absolute atomic E-state index is 0.161. The molecule has 1 fully saturated rings. The van der Waals surface area contributed by atoms with E-state index in [1.807, 2.05) is 13.8 Å². The third-order valence-corrected chi connectivity index (χ3v) is 3.39. The lowest BCUT2D eigenvalue weighted by Gasteiger charge is -2.42. The van der Waals surface area contributed by atoms with Crippen LogP contribution in [0, 0.1) is 11.3 Å². The number of esters is 1. The Morgan fingerprint density at radius 1 is 1.44 bits per heavy atom. The van der Waals surface area contributed by atoms with Gasteiger partial charge in [0.15, 0.2) is 0 Å². The van der Waals surface area contributed by atoms with E-state index < -0.39 is 5.41 Å². The van der Waals surface area contributed by atoms with Gasteiger partial charge in [0.25, 0.3) is 0 Å². The van der Waals surface area contributed by atoms with E-state index in [1.54, 1.807) is 0 Å². The van der Waals surface area contributed by atoms with E-state index in [0.29, 0.717) is 18.8 Å². The molecule has 0 aliphatic heterocycles. The van der Waals surface area contributed by atoms with Gasteiger partial charge in [-0.25, -0.2) is 0 Å². The fourth-order valence-electron chi connectivity index (χ4n) is 2.82. The number of allylic oxidation sites excluding steroid dienone is 2. The van der Waals surface area contributed by atoms with Crippen molar-refractivity contribution in [2.45, 2.75) is 45.6 Å². The van der Waals surface area contributed by atoms with Crippen LogP contribution in [0.25, 0.3) is 0 Å². The van der Waals surface area contributed by atoms with E-state index >= 15 is 0 Å². The van der Waals surface area contributed by atoms with Crippen LogP contribution in [-0.2, 0) is 9.53 Å². The molecule has 2 aliphatic rings. The predicted octanol–water partition coefficient (Wildman–Crippen LogP) is 2.29. The smallest absolute Gasteiger partial charge is 0.312 e. The number of ether oxygens (including phenoxy) is 1. The number of hydrogen-bond donors (Lipinski definition) is 1. The van der Waals surface area contributed by atoms with Crippen molar-refractivity contribution < 1.29 is 14.6 Å². The first-order valence-electron chi connectivity index (χ1n) is 6.09. The molecule has 2 rings (SSSR count). The summed E-state index contributed by atoms with van der Waals surface area (Å²) in [6.07, 6.45) is 6.72. The SMILES string of the molecule is CC.COC(=O)C12CC=CC(CC(O)C1)C2. The van der Waals surface area contributed by atoms with Crippen molar-refractivity contribution >= 4 is 5.97 Å². The molecule has 0 amide bonds. The molecular weight excluding hydrogens is 204 g/mol. The summed E-state index contributed by atoms with van der Waals surface area (Å²) >= 11 is 0. The zero-order valence-electron chi connectivity index (χ0n) is 10.4. The summed E-state index contributed by atoms with van der Waals surface area (Å²) in [4.78, 5) is 11.7. The van der Waals surface area contributed by atoms with E-state index in [9.17, 15) is 9.90 Å². The maximum absolute atomic E-state index is 11.7. The highest BCUT2D eigenvalue weighted by molar-refractivity contribution is 5.77. The third kappa shape index (κ3) is 2.46. The van der Waals surface area contributed by atoms with Gasteiger partial charge in [0.1, 0.15) is 0 Å². The molecule has 16 heavy (non-hydrogen) atoms. The molecule has 0 aromatic rings. The zero-order chi connectivity index (χ0) is 12.2. The summed E-state index contributed by atoms with van der Waals surface area (Å²) in [7, 11) is 1.42. The fourth-order valence-corrected chi connectivity index (χ4v) is 2.82. The van der Waals surface area contributed by atoms with Crippen molar-refractivity contribution in [3.05, 3.63) is 12.2 Å². The number of methoxy groups -OCH3 is 1. The van der Waals surface area contributed by atoms with Crippen molar-refractivity contribution in [3.8, 4) is 0 Å². The maximum Gasteiger partial charge on any atom is 0.312 e. The molecule has 1 N–H and O–H groups in total. The van der Waals surface area contributed by atoms with Crippen LogP contribution in [0.4, 0.5) is 0 Å². The average molecular weight is 226 g/mol. The minimum atomic E-state index is -0.439. The quantitative estimate of drug-likeness (QED) is 0.551. The first-order valence-corrected chi connectivity index (χ1v) is 6.09. The Morgan fingerprint density at radius 2 is 2.12 bits per heavy atom. The number of carbonyl (C=O) groups excluding carboxylic acids is 1. The molecule has 0 heterocycles. The number of hydrogen-bond acceptors (Lipinski definition) is 3. The maximum atomic E-state index is 11.7. The second-order valence-corrected chi connectivity index (χ2v) is 4.46. The number of aliphatic hydroxyl groups excluding tert-OH is 1. The summed E-state index contributed by atoms with van der Waals surface area (Å²) < 4.78 is 4.83. The van der Waals surface area contributed by atoms with E-state index in [1.165, 1.54) is 7.11 Å². The summed E-state index contributed by atoms with van der Waals surface area (Å²) in [6, 6.07) is 0. The minimum Gasteiger partial charge on any atom is -0.469 e. The summed E-state index contributed by atoms with van der Waals surface area (Å²) in [6.45, 7) is 4.00. The second kappa shape index (κ2) is 5.48. The normalized spacial score (nSPS) is 36.0. The first kappa shape index (κ1) is 13.2.